The topological polar surface area (TPSA) is 25.2 Å². The van der Waals surface area contributed by atoms with Crippen LogP contribution in [0.4, 0.5) is 0 Å². The molecule has 1 heterocycles. The molecule has 2 aromatic rings. The fraction of sp³-hybridized carbons (Fsp3) is 0.333. The Hall–Kier alpha value is -1.54. The maximum absolute atomic E-state index is 5.80. The highest BCUT2D eigenvalue weighted by molar-refractivity contribution is 5.57. The van der Waals surface area contributed by atoms with Gasteiger partial charge in [0.15, 0.2) is 0 Å². The Bertz CT molecular complexity index is 447. The highest BCUT2D eigenvalue weighted by Gasteiger charge is 2.05. The van der Waals surface area contributed by atoms with Crippen molar-refractivity contribution in [3.05, 3.63) is 48.2 Å². The minimum Gasteiger partial charge on any atom is -0.460 e. The van der Waals surface area contributed by atoms with Crippen LogP contribution in [0.3, 0.4) is 0 Å². The Labute approximate surface area is 103 Å². The largest absolute Gasteiger partial charge is 0.460 e. The van der Waals surface area contributed by atoms with Gasteiger partial charge in [-0.05, 0) is 25.5 Å². The summed E-state index contributed by atoms with van der Waals surface area (Å²) in [7, 11) is 0. The Morgan fingerprint density at radius 3 is 2.59 bits per heavy atom. The van der Waals surface area contributed by atoms with Crippen molar-refractivity contribution < 1.29 is 4.42 Å². The van der Waals surface area contributed by atoms with E-state index in [0.29, 0.717) is 6.04 Å². The van der Waals surface area contributed by atoms with Gasteiger partial charge in [-0.1, -0.05) is 37.3 Å². The van der Waals surface area contributed by atoms with E-state index >= 15 is 0 Å². The van der Waals surface area contributed by atoms with E-state index in [1.165, 1.54) is 0 Å². The zero-order valence-corrected chi connectivity index (χ0v) is 10.4. The predicted octanol–water partition coefficient (Wildman–Crippen LogP) is 3.83. The second kappa shape index (κ2) is 5.69. The van der Waals surface area contributed by atoms with Crippen molar-refractivity contribution in [1.82, 2.24) is 5.32 Å². The molecule has 90 valence electrons. The van der Waals surface area contributed by atoms with Gasteiger partial charge in [-0.25, -0.2) is 0 Å². The summed E-state index contributed by atoms with van der Waals surface area (Å²) < 4.78 is 5.80. The average Bonchev–Trinajstić information content (AvgIpc) is 2.86. The van der Waals surface area contributed by atoms with Crippen LogP contribution in [0, 0.1) is 0 Å². The van der Waals surface area contributed by atoms with Gasteiger partial charge in [0.1, 0.15) is 11.5 Å². The quantitative estimate of drug-likeness (QED) is 0.842. The average molecular weight is 229 g/mol. The van der Waals surface area contributed by atoms with E-state index < -0.39 is 0 Å². The summed E-state index contributed by atoms with van der Waals surface area (Å²) in [5, 5.41) is 3.42. The maximum atomic E-state index is 5.80. The lowest BCUT2D eigenvalue weighted by molar-refractivity contribution is 0.457. The first-order valence-corrected chi connectivity index (χ1v) is 6.17. The van der Waals surface area contributed by atoms with Crippen molar-refractivity contribution in [1.29, 1.82) is 0 Å². The zero-order chi connectivity index (χ0) is 12.1. The Morgan fingerprint density at radius 2 is 1.88 bits per heavy atom. The van der Waals surface area contributed by atoms with Gasteiger partial charge in [-0.2, -0.15) is 0 Å². The molecule has 0 saturated carbocycles. The molecule has 0 aliphatic rings. The minimum absolute atomic E-state index is 0.528. The summed E-state index contributed by atoms with van der Waals surface area (Å²) in [5.74, 6) is 1.93. The van der Waals surface area contributed by atoms with Crippen LogP contribution in [-0.2, 0) is 6.54 Å². The molecule has 0 amide bonds. The summed E-state index contributed by atoms with van der Waals surface area (Å²) in [6.45, 7) is 5.15. The molecule has 2 rings (SSSR count). The van der Waals surface area contributed by atoms with Gasteiger partial charge >= 0.3 is 0 Å². The number of hydrogen-bond acceptors (Lipinski definition) is 2. The number of hydrogen-bond donors (Lipinski definition) is 1. The molecule has 17 heavy (non-hydrogen) atoms. The maximum Gasteiger partial charge on any atom is 0.134 e. The molecule has 0 bridgehead atoms. The standard InChI is InChI=1S/C15H19NO/c1-3-12(2)16-11-14-9-10-15(17-14)13-7-5-4-6-8-13/h4-10,12,16H,3,11H2,1-2H3. The lowest BCUT2D eigenvalue weighted by Gasteiger charge is -2.08. The SMILES string of the molecule is CCC(C)NCc1ccc(-c2ccccc2)o1. The van der Waals surface area contributed by atoms with Gasteiger partial charge in [-0.3, -0.25) is 0 Å². The Kier molecular flexibility index (Phi) is 3.99. The first kappa shape index (κ1) is 11.9. The zero-order valence-electron chi connectivity index (χ0n) is 10.4. The van der Waals surface area contributed by atoms with Gasteiger partial charge in [0.25, 0.3) is 0 Å². The van der Waals surface area contributed by atoms with Crippen LogP contribution in [0.1, 0.15) is 26.0 Å². The smallest absolute Gasteiger partial charge is 0.134 e. The summed E-state index contributed by atoms with van der Waals surface area (Å²) in [4.78, 5) is 0. The van der Waals surface area contributed by atoms with Crippen LogP contribution < -0.4 is 5.32 Å². The molecule has 1 atom stereocenters. The summed E-state index contributed by atoms with van der Waals surface area (Å²) in [6, 6.07) is 14.8. The van der Waals surface area contributed by atoms with Crippen LogP contribution in [0.2, 0.25) is 0 Å². The molecule has 1 aromatic heterocycles. The first-order valence-electron chi connectivity index (χ1n) is 6.17. The lowest BCUT2D eigenvalue weighted by Crippen LogP contribution is -2.24. The van der Waals surface area contributed by atoms with Crippen molar-refractivity contribution in [3.8, 4) is 11.3 Å². The molecule has 1 N–H and O–H groups in total. The first-order chi connectivity index (χ1) is 8.29. The number of furan rings is 1. The van der Waals surface area contributed by atoms with Gasteiger partial charge in [0.2, 0.25) is 0 Å². The summed E-state index contributed by atoms with van der Waals surface area (Å²) in [5.41, 5.74) is 1.13. The van der Waals surface area contributed by atoms with Crippen LogP contribution in [0.15, 0.2) is 46.9 Å². The van der Waals surface area contributed by atoms with Crippen LogP contribution >= 0.6 is 0 Å². The van der Waals surface area contributed by atoms with E-state index in [0.717, 1.165) is 30.0 Å². The van der Waals surface area contributed by atoms with Crippen molar-refractivity contribution in [2.45, 2.75) is 32.9 Å². The third kappa shape index (κ3) is 3.21. The van der Waals surface area contributed by atoms with E-state index in [1.54, 1.807) is 0 Å². The van der Waals surface area contributed by atoms with Crippen molar-refractivity contribution in [2.75, 3.05) is 0 Å². The van der Waals surface area contributed by atoms with Crippen molar-refractivity contribution in [3.63, 3.8) is 0 Å². The molecular weight excluding hydrogens is 210 g/mol. The highest BCUT2D eigenvalue weighted by Crippen LogP contribution is 2.21. The molecule has 0 aliphatic heterocycles. The molecule has 0 spiro atoms. The van der Waals surface area contributed by atoms with E-state index in [1.807, 2.05) is 30.3 Å². The molecule has 0 fully saturated rings. The third-order valence-electron chi connectivity index (χ3n) is 2.96. The number of benzene rings is 1. The summed E-state index contributed by atoms with van der Waals surface area (Å²) >= 11 is 0. The van der Waals surface area contributed by atoms with Crippen molar-refractivity contribution >= 4 is 0 Å². The minimum atomic E-state index is 0.528. The fourth-order valence-electron chi connectivity index (χ4n) is 1.65. The Morgan fingerprint density at radius 1 is 1.12 bits per heavy atom. The molecule has 1 unspecified atom stereocenters. The molecule has 2 heteroatoms. The second-order valence-electron chi connectivity index (χ2n) is 4.32. The molecule has 0 saturated heterocycles. The third-order valence-corrected chi connectivity index (χ3v) is 2.96. The van der Waals surface area contributed by atoms with E-state index in [-0.39, 0.29) is 0 Å². The van der Waals surface area contributed by atoms with Crippen LogP contribution in [0.5, 0.6) is 0 Å². The van der Waals surface area contributed by atoms with E-state index in [2.05, 4.69) is 31.3 Å². The van der Waals surface area contributed by atoms with Crippen LogP contribution in [0.25, 0.3) is 11.3 Å². The molecule has 2 nitrogen and oxygen atoms in total. The second-order valence-corrected chi connectivity index (χ2v) is 4.32. The van der Waals surface area contributed by atoms with Gasteiger partial charge < -0.3 is 9.73 Å². The van der Waals surface area contributed by atoms with Gasteiger partial charge in [0.05, 0.1) is 6.54 Å². The van der Waals surface area contributed by atoms with E-state index in [9.17, 15) is 0 Å². The van der Waals surface area contributed by atoms with Gasteiger partial charge in [0, 0.05) is 11.6 Å². The summed E-state index contributed by atoms with van der Waals surface area (Å²) in [6.07, 6.45) is 1.13. The Balaban J connectivity index is 2.01. The monoisotopic (exact) mass is 229 g/mol. The van der Waals surface area contributed by atoms with E-state index in [4.69, 9.17) is 4.42 Å². The molecule has 1 aromatic carbocycles. The fourth-order valence-corrected chi connectivity index (χ4v) is 1.65. The normalized spacial score (nSPS) is 12.6. The van der Waals surface area contributed by atoms with Gasteiger partial charge in [-0.15, -0.1) is 0 Å². The molecule has 0 aliphatic carbocycles. The number of rotatable bonds is 5. The predicted molar refractivity (Wildman–Crippen MR) is 70.7 cm³/mol. The molecule has 0 radical (unpaired) electrons. The highest BCUT2D eigenvalue weighted by atomic mass is 16.3. The number of nitrogens with one attached hydrogen (secondary N) is 1. The lowest BCUT2D eigenvalue weighted by atomic mass is 10.2. The molecular formula is C15H19NO. The van der Waals surface area contributed by atoms with Crippen LogP contribution in [-0.4, -0.2) is 6.04 Å². The van der Waals surface area contributed by atoms with Crippen molar-refractivity contribution in [2.24, 2.45) is 0 Å².